The van der Waals surface area contributed by atoms with Gasteiger partial charge >= 0.3 is 0 Å². The highest BCUT2D eigenvalue weighted by Gasteiger charge is 2.44. The van der Waals surface area contributed by atoms with E-state index in [1.54, 1.807) is 30.3 Å². The molecule has 5 heteroatoms. The topological polar surface area (TPSA) is 29.1 Å². The fourth-order valence-electron chi connectivity index (χ4n) is 2.41. The predicted octanol–water partition coefficient (Wildman–Crippen LogP) is 5.39. The third-order valence-corrected chi connectivity index (χ3v) is 4.24. The highest BCUT2D eigenvalue weighted by Crippen LogP contribution is 2.49. The molecule has 1 saturated carbocycles. The minimum Gasteiger partial charge on any atom is -0.326 e. The second-order valence-corrected chi connectivity index (χ2v) is 6.46. The van der Waals surface area contributed by atoms with Crippen molar-refractivity contribution >= 4 is 46.4 Å². The summed E-state index contributed by atoms with van der Waals surface area (Å²) in [6.07, 6.45) is 0.816. The molecule has 0 saturated heterocycles. The van der Waals surface area contributed by atoms with Crippen LogP contribution in [0.1, 0.15) is 17.9 Å². The first kappa shape index (κ1) is 14.7. The van der Waals surface area contributed by atoms with Gasteiger partial charge in [-0.1, -0.05) is 34.8 Å². The van der Waals surface area contributed by atoms with Gasteiger partial charge in [0.05, 0.1) is 0 Å². The van der Waals surface area contributed by atoms with Crippen LogP contribution < -0.4 is 5.32 Å². The van der Waals surface area contributed by atoms with Crippen LogP contribution in [0.4, 0.5) is 5.69 Å². The number of anilines is 1. The molecule has 2 aromatic carbocycles. The Morgan fingerprint density at radius 2 is 1.57 bits per heavy atom. The Balaban J connectivity index is 1.67. The molecular formula is C16H12Cl3NO. The Labute approximate surface area is 138 Å². The van der Waals surface area contributed by atoms with Gasteiger partial charge in [0.25, 0.3) is 0 Å². The average Bonchev–Trinajstić information content (AvgIpc) is 3.20. The molecule has 0 aromatic heterocycles. The molecule has 0 spiro atoms. The normalized spacial score (nSPS) is 20.1. The van der Waals surface area contributed by atoms with E-state index in [1.807, 2.05) is 12.1 Å². The molecule has 0 bridgehead atoms. The standard InChI is InChI=1S/C16H12Cl3NO/c17-10-1-3-13(4-2-10)20-16(21)15-8-14(15)9-5-11(18)7-12(19)6-9/h1-7,14-15H,8H2,(H,20,21)/t14-,15-/m0/s1. The van der Waals surface area contributed by atoms with Crippen molar-refractivity contribution in [2.24, 2.45) is 5.92 Å². The number of amides is 1. The van der Waals surface area contributed by atoms with Crippen LogP contribution in [0.5, 0.6) is 0 Å². The van der Waals surface area contributed by atoms with Crippen molar-refractivity contribution in [3.05, 3.63) is 63.1 Å². The second-order valence-electron chi connectivity index (χ2n) is 5.15. The van der Waals surface area contributed by atoms with E-state index in [9.17, 15) is 4.79 Å². The van der Waals surface area contributed by atoms with Gasteiger partial charge in [0.1, 0.15) is 0 Å². The molecule has 0 unspecified atom stereocenters. The number of benzene rings is 2. The third kappa shape index (κ3) is 3.52. The van der Waals surface area contributed by atoms with E-state index in [4.69, 9.17) is 34.8 Å². The van der Waals surface area contributed by atoms with Crippen LogP contribution in [-0.4, -0.2) is 5.91 Å². The van der Waals surface area contributed by atoms with Gasteiger partial charge in [0, 0.05) is 26.7 Å². The molecule has 1 aliphatic carbocycles. The van der Waals surface area contributed by atoms with E-state index < -0.39 is 0 Å². The van der Waals surface area contributed by atoms with Crippen LogP contribution in [0, 0.1) is 5.92 Å². The van der Waals surface area contributed by atoms with Crippen LogP contribution in [-0.2, 0) is 4.79 Å². The quantitative estimate of drug-likeness (QED) is 0.797. The summed E-state index contributed by atoms with van der Waals surface area (Å²) < 4.78 is 0. The maximum atomic E-state index is 12.2. The Morgan fingerprint density at radius 3 is 2.19 bits per heavy atom. The zero-order valence-electron chi connectivity index (χ0n) is 10.9. The van der Waals surface area contributed by atoms with E-state index in [-0.39, 0.29) is 17.7 Å². The van der Waals surface area contributed by atoms with Gasteiger partial charge in [0.2, 0.25) is 5.91 Å². The van der Waals surface area contributed by atoms with Crippen LogP contribution in [0.15, 0.2) is 42.5 Å². The zero-order valence-corrected chi connectivity index (χ0v) is 13.2. The summed E-state index contributed by atoms with van der Waals surface area (Å²) in [5.74, 6) is 0.169. The lowest BCUT2D eigenvalue weighted by atomic mass is 10.1. The SMILES string of the molecule is O=C(Nc1ccc(Cl)cc1)[C@H]1C[C@H]1c1cc(Cl)cc(Cl)c1. The molecule has 0 aliphatic heterocycles. The molecule has 1 aliphatic rings. The number of rotatable bonds is 3. The van der Waals surface area contributed by atoms with Gasteiger partial charge in [-0.2, -0.15) is 0 Å². The highest BCUT2D eigenvalue weighted by atomic mass is 35.5. The van der Waals surface area contributed by atoms with Gasteiger partial charge in [0.15, 0.2) is 0 Å². The summed E-state index contributed by atoms with van der Waals surface area (Å²) in [5, 5.41) is 4.74. The fourth-order valence-corrected chi connectivity index (χ4v) is 3.08. The summed E-state index contributed by atoms with van der Waals surface area (Å²) in [5.41, 5.74) is 1.77. The largest absolute Gasteiger partial charge is 0.326 e. The van der Waals surface area contributed by atoms with Gasteiger partial charge in [-0.15, -0.1) is 0 Å². The molecule has 1 N–H and O–H groups in total. The third-order valence-electron chi connectivity index (χ3n) is 3.55. The van der Waals surface area contributed by atoms with Crippen molar-refractivity contribution in [2.75, 3.05) is 5.32 Å². The Kier molecular flexibility index (Phi) is 4.12. The van der Waals surface area contributed by atoms with Gasteiger partial charge in [-0.05, 0) is 60.4 Å². The lowest BCUT2D eigenvalue weighted by Crippen LogP contribution is -2.14. The minimum absolute atomic E-state index is 0.0124. The lowest BCUT2D eigenvalue weighted by Gasteiger charge is -2.06. The number of carbonyl (C=O) groups is 1. The van der Waals surface area contributed by atoms with Crippen molar-refractivity contribution < 1.29 is 4.79 Å². The van der Waals surface area contributed by atoms with E-state index >= 15 is 0 Å². The van der Waals surface area contributed by atoms with Crippen molar-refractivity contribution in [1.82, 2.24) is 0 Å². The van der Waals surface area contributed by atoms with Gasteiger partial charge < -0.3 is 5.32 Å². The molecular weight excluding hydrogens is 329 g/mol. The predicted molar refractivity (Wildman–Crippen MR) is 87.4 cm³/mol. The average molecular weight is 341 g/mol. The first-order valence-electron chi connectivity index (χ1n) is 6.55. The molecule has 2 nitrogen and oxygen atoms in total. The maximum absolute atomic E-state index is 12.2. The van der Waals surface area contributed by atoms with E-state index in [0.717, 1.165) is 17.7 Å². The van der Waals surface area contributed by atoms with E-state index in [2.05, 4.69) is 5.32 Å². The van der Waals surface area contributed by atoms with Crippen LogP contribution >= 0.6 is 34.8 Å². The molecule has 2 aromatic rings. The summed E-state index contributed by atoms with van der Waals surface area (Å²) >= 11 is 17.8. The summed E-state index contributed by atoms with van der Waals surface area (Å²) in [6.45, 7) is 0. The van der Waals surface area contributed by atoms with E-state index in [1.165, 1.54) is 0 Å². The van der Waals surface area contributed by atoms with Crippen LogP contribution in [0.25, 0.3) is 0 Å². The lowest BCUT2D eigenvalue weighted by molar-refractivity contribution is -0.117. The molecule has 1 fully saturated rings. The Bertz CT molecular complexity index is 664. The molecule has 3 rings (SSSR count). The zero-order chi connectivity index (χ0) is 15.0. The molecule has 0 radical (unpaired) electrons. The molecule has 2 atom stereocenters. The molecule has 1 amide bonds. The summed E-state index contributed by atoms with van der Waals surface area (Å²) in [6, 6.07) is 12.5. The first-order chi connectivity index (χ1) is 10.0. The van der Waals surface area contributed by atoms with Crippen molar-refractivity contribution in [3.63, 3.8) is 0 Å². The van der Waals surface area contributed by atoms with Crippen LogP contribution in [0.3, 0.4) is 0 Å². The highest BCUT2D eigenvalue weighted by molar-refractivity contribution is 6.34. The number of carbonyl (C=O) groups excluding carboxylic acids is 1. The maximum Gasteiger partial charge on any atom is 0.228 e. The minimum atomic E-state index is -0.0322. The fraction of sp³-hybridized carbons (Fsp3) is 0.188. The summed E-state index contributed by atoms with van der Waals surface area (Å²) in [4.78, 5) is 12.2. The summed E-state index contributed by atoms with van der Waals surface area (Å²) in [7, 11) is 0. The Morgan fingerprint density at radius 1 is 0.952 bits per heavy atom. The first-order valence-corrected chi connectivity index (χ1v) is 7.69. The molecule has 21 heavy (non-hydrogen) atoms. The van der Waals surface area contributed by atoms with Gasteiger partial charge in [-0.25, -0.2) is 0 Å². The molecule has 108 valence electrons. The van der Waals surface area contributed by atoms with Crippen molar-refractivity contribution in [1.29, 1.82) is 0 Å². The second kappa shape index (κ2) is 5.88. The smallest absolute Gasteiger partial charge is 0.228 e. The van der Waals surface area contributed by atoms with E-state index in [0.29, 0.717) is 15.1 Å². The van der Waals surface area contributed by atoms with Crippen molar-refractivity contribution in [3.8, 4) is 0 Å². The molecule has 0 heterocycles. The number of hydrogen-bond acceptors (Lipinski definition) is 1. The number of hydrogen-bond donors (Lipinski definition) is 1. The number of halogens is 3. The van der Waals surface area contributed by atoms with Crippen molar-refractivity contribution in [2.45, 2.75) is 12.3 Å². The monoisotopic (exact) mass is 339 g/mol. The van der Waals surface area contributed by atoms with Gasteiger partial charge in [-0.3, -0.25) is 4.79 Å². The van der Waals surface area contributed by atoms with Crippen LogP contribution in [0.2, 0.25) is 15.1 Å². The Hall–Kier alpha value is -1.22. The number of nitrogens with one attached hydrogen (secondary N) is 1.